The summed E-state index contributed by atoms with van der Waals surface area (Å²) in [6, 6.07) is 9.21. The zero-order valence-electron chi connectivity index (χ0n) is 11.7. The first-order valence-electron chi connectivity index (χ1n) is 7.06. The number of amides is 2. The molecule has 4 unspecified atom stereocenters. The number of carboxylic acids is 1. The molecule has 1 aromatic rings. The van der Waals surface area contributed by atoms with E-state index in [0.717, 1.165) is 6.42 Å². The SMILES string of the molecule is CC1SCC(C(=O)O)N1C(=O)NC1CC1c1ccccc1. The summed E-state index contributed by atoms with van der Waals surface area (Å²) in [7, 11) is 0. The van der Waals surface area contributed by atoms with Gasteiger partial charge >= 0.3 is 12.0 Å². The molecule has 1 aromatic carbocycles. The molecular weight excluding hydrogens is 288 g/mol. The zero-order chi connectivity index (χ0) is 15.0. The maximum atomic E-state index is 12.3. The monoisotopic (exact) mass is 306 g/mol. The summed E-state index contributed by atoms with van der Waals surface area (Å²) in [5.74, 6) is -0.127. The second-order valence-electron chi connectivity index (χ2n) is 5.50. The molecule has 0 bridgehead atoms. The van der Waals surface area contributed by atoms with E-state index in [9.17, 15) is 14.7 Å². The fourth-order valence-corrected chi connectivity index (χ4v) is 3.96. The third-order valence-corrected chi connectivity index (χ3v) is 5.29. The lowest BCUT2D eigenvalue weighted by Gasteiger charge is -2.25. The third-order valence-electron chi connectivity index (χ3n) is 4.07. The van der Waals surface area contributed by atoms with E-state index in [-0.39, 0.29) is 17.4 Å². The molecule has 0 spiro atoms. The summed E-state index contributed by atoms with van der Waals surface area (Å²) in [5, 5.41) is 12.1. The van der Waals surface area contributed by atoms with Gasteiger partial charge in [-0.05, 0) is 18.9 Å². The lowest BCUT2D eigenvalue weighted by Crippen LogP contribution is -2.50. The van der Waals surface area contributed by atoms with Gasteiger partial charge in [0.05, 0.1) is 5.37 Å². The maximum absolute atomic E-state index is 12.3. The molecular formula is C15H18N2O3S. The average molecular weight is 306 g/mol. The molecule has 2 amide bonds. The normalized spacial score (nSPS) is 31.0. The number of aliphatic carboxylic acids is 1. The number of carbonyl (C=O) groups excluding carboxylic acids is 1. The van der Waals surface area contributed by atoms with Crippen LogP contribution in [0.25, 0.3) is 0 Å². The topological polar surface area (TPSA) is 69.6 Å². The number of hydrogen-bond donors (Lipinski definition) is 2. The van der Waals surface area contributed by atoms with Crippen LogP contribution in [0, 0.1) is 0 Å². The molecule has 2 N–H and O–H groups in total. The minimum atomic E-state index is -0.933. The number of nitrogens with one attached hydrogen (secondary N) is 1. The molecule has 112 valence electrons. The number of thioether (sulfide) groups is 1. The molecule has 0 aromatic heterocycles. The van der Waals surface area contributed by atoms with Crippen LogP contribution in [0.2, 0.25) is 0 Å². The summed E-state index contributed by atoms with van der Waals surface area (Å²) < 4.78 is 0. The van der Waals surface area contributed by atoms with Crippen molar-refractivity contribution in [1.29, 1.82) is 0 Å². The Morgan fingerprint density at radius 1 is 1.33 bits per heavy atom. The van der Waals surface area contributed by atoms with Gasteiger partial charge in [-0.3, -0.25) is 4.90 Å². The fourth-order valence-electron chi connectivity index (χ4n) is 2.80. The van der Waals surface area contributed by atoms with E-state index in [1.165, 1.54) is 22.2 Å². The minimum absolute atomic E-state index is 0.0972. The van der Waals surface area contributed by atoms with Gasteiger partial charge in [0.1, 0.15) is 6.04 Å². The first-order chi connectivity index (χ1) is 10.1. The van der Waals surface area contributed by atoms with E-state index < -0.39 is 12.0 Å². The fraction of sp³-hybridized carbons (Fsp3) is 0.467. The van der Waals surface area contributed by atoms with E-state index >= 15 is 0 Å². The van der Waals surface area contributed by atoms with Gasteiger partial charge in [-0.15, -0.1) is 11.8 Å². The minimum Gasteiger partial charge on any atom is -0.480 e. The molecule has 3 rings (SSSR count). The average Bonchev–Trinajstić information content (AvgIpc) is 3.11. The second-order valence-corrected chi connectivity index (χ2v) is 6.85. The first kappa shape index (κ1) is 14.3. The van der Waals surface area contributed by atoms with Gasteiger partial charge in [-0.2, -0.15) is 0 Å². The van der Waals surface area contributed by atoms with Gasteiger partial charge in [-0.25, -0.2) is 9.59 Å². The molecule has 2 aliphatic rings. The molecule has 1 aliphatic carbocycles. The summed E-state index contributed by atoms with van der Waals surface area (Å²) in [5.41, 5.74) is 1.22. The summed E-state index contributed by atoms with van der Waals surface area (Å²) in [6.45, 7) is 1.87. The van der Waals surface area contributed by atoms with Crippen LogP contribution < -0.4 is 5.32 Å². The predicted octanol–water partition coefficient (Wildman–Crippen LogP) is 2.10. The van der Waals surface area contributed by atoms with E-state index in [0.29, 0.717) is 11.7 Å². The van der Waals surface area contributed by atoms with Crippen LogP contribution in [0.3, 0.4) is 0 Å². The highest BCUT2D eigenvalue weighted by Gasteiger charge is 2.44. The van der Waals surface area contributed by atoms with Crippen molar-refractivity contribution < 1.29 is 14.7 Å². The van der Waals surface area contributed by atoms with Gasteiger partial charge in [-0.1, -0.05) is 30.3 Å². The van der Waals surface area contributed by atoms with Crippen LogP contribution in [0.15, 0.2) is 30.3 Å². The van der Waals surface area contributed by atoms with Crippen molar-refractivity contribution in [2.75, 3.05) is 5.75 Å². The molecule has 1 aliphatic heterocycles. The standard InChI is InChI=1S/C15H18N2O3S/c1-9-17(13(8-21-9)14(18)19)15(20)16-12-7-11(12)10-5-3-2-4-6-10/h2-6,9,11-13H,7-8H2,1H3,(H,16,20)(H,18,19). The molecule has 1 saturated heterocycles. The van der Waals surface area contributed by atoms with Crippen LogP contribution in [-0.2, 0) is 4.79 Å². The second kappa shape index (κ2) is 5.60. The number of urea groups is 1. The maximum Gasteiger partial charge on any atom is 0.327 e. The van der Waals surface area contributed by atoms with E-state index in [1.54, 1.807) is 0 Å². The quantitative estimate of drug-likeness (QED) is 0.897. The molecule has 6 heteroatoms. The van der Waals surface area contributed by atoms with E-state index in [1.807, 2.05) is 25.1 Å². The highest BCUT2D eigenvalue weighted by Crippen LogP contribution is 2.41. The van der Waals surface area contributed by atoms with Gasteiger partial charge in [0.15, 0.2) is 0 Å². The Kier molecular flexibility index (Phi) is 3.80. The molecule has 21 heavy (non-hydrogen) atoms. The van der Waals surface area contributed by atoms with E-state index in [4.69, 9.17) is 0 Å². The summed E-state index contributed by atoms with van der Waals surface area (Å²) in [4.78, 5) is 25.0. The Morgan fingerprint density at radius 2 is 2.05 bits per heavy atom. The summed E-state index contributed by atoms with van der Waals surface area (Å²) >= 11 is 1.50. The lowest BCUT2D eigenvalue weighted by atomic mass is 10.1. The highest BCUT2D eigenvalue weighted by atomic mass is 32.2. The van der Waals surface area contributed by atoms with Crippen molar-refractivity contribution in [1.82, 2.24) is 10.2 Å². The zero-order valence-corrected chi connectivity index (χ0v) is 12.5. The molecule has 1 saturated carbocycles. The Balaban J connectivity index is 1.61. The highest BCUT2D eigenvalue weighted by molar-refractivity contribution is 8.00. The van der Waals surface area contributed by atoms with Crippen molar-refractivity contribution in [3.8, 4) is 0 Å². The lowest BCUT2D eigenvalue weighted by molar-refractivity contribution is -0.141. The number of rotatable bonds is 3. The van der Waals surface area contributed by atoms with Crippen molar-refractivity contribution >= 4 is 23.8 Å². The molecule has 0 radical (unpaired) electrons. The van der Waals surface area contributed by atoms with Crippen molar-refractivity contribution in [2.45, 2.75) is 36.7 Å². The Labute approximate surface area is 127 Å². The molecule has 5 nitrogen and oxygen atoms in total. The van der Waals surface area contributed by atoms with Crippen LogP contribution in [0.5, 0.6) is 0 Å². The number of carbonyl (C=O) groups is 2. The summed E-state index contributed by atoms with van der Waals surface area (Å²) in [6.07, 6.45) is 0.919. The predicted molar refractivity (Wildman–Crippen MR) is 81.3 cm³/mol. The van der Waals surface area contributed by atoms with Crippen LogP contribution in [0.1, 0.15) is 24.8 Å². The third kappa shape index (κ3) is 2.85. The van der Waals surface area contributed by atoms with E-state index in [2.05, 4.69) is 17.4 Å². The number of hydrogen-bond acceptors (Lipinski definition) is 3. The Bertz CT molecular complexity index is 551. The number of nitrogens with zero attached hydrogens (tertiary/aromatic N) is 1. The Morgan fingerprint density at radius 3 is 2.71 bits per heavy atom. The van der Waals surface area contributed by atoms with Gasteiger partial charge < -0.3 is 10.4 Å². The number of benzene rings is 1. The largest absolute Gasteiger partial charge is 0.480 e. The Hall–Kier alpha value is -1.69. The first-order valence-corrected chi connectivity index (χ1v) is 8.11. The van der Waals surface area contributed by atoms with Crippen LogP contribution in [-0.4, -0.2) is 45.2 Å². The molecule has 2 fully saturated rings. The smallest absolute Gasteiger partial charge is 0.327 e. The molecule has 1 heterocycles. The van der Waals surface area contributed by atoms with Crippen LogP contribution in [0.4, 0.5) is 4.79 Å². The molecule has 4 atom stereocenters. The van der Waals surface area contributed by atoms with Gasteiger partial charge in [0, 0.05) is 17.7 Å². The number of carboxylic acid groups (broad SMARTS) is 1. The van der Waals surface area contributed by atoms with Crippen LogP contribution >= 0.6 is 11.8 Å². The van der Waals surface area contributed by atoms with Crippen molar-refractivity contribution in [3.05, 3.63) is 35.9 Å². The van der Waals surface area contributed by atoms with Gasteiger partial charge in [0.25, 0.3) is 0 Å². The van der Waals surface area contributed by atoms with Crippen molar-refractivity contribution in [3.63, 3.8) is 0 Å². The van der Waals surface area contributed by atoms with Crippen molar-refractivity contribution in [2.24, 2.45) is 0 Å². The van der Waals surface area contributed by atoms with Gasteiger partial charge in [0.2, 0.25) is 0 Å².